The van der Waals surface area contributed by atoms with E-state index in [0.29, 0.717) is 24.4 Å². The van der Waals surface area contributed by atoms with Crippen molar-refractivity contribution in [3.63, 3.8) is 0 Å². The first-order chi connectivity index (χ1) is 14.0. The molecule has 2 aromatic rings. The van der Waals surface area contributed by atoms with Gasteiger partial charge in [-0.2, -0.15) is 0 Å². The van der Waals surface area contributed by atoms with E-state index in [-0.39, 0.29) is 11.5 Å². The number of hydrogen-bond donors (Lipinski definition) is 1. The number of nitrogens with one attached hydrogen (secondary N) is 1. The van der Waals surface area contributed by atoms with Gasteiger partial charge in [0.25, 0.3) is 5.91 Å². The summed E-state index contributed by atoms with van der Waals surface area (Å²) in [5, 5.41) is 2.83. The number of carbonyl (C=O) groups is 1. The maximum Gasteiger partial charge on any atom is 0.251 e. The molecule has 1 unspecified atom stereocenters. The van der Waals surface area contributed by atoms with E-state index in [1.807, 2.05) is 0 Å². The second-order valence-corrected chi connectivity index (χ2v) is 8.27. The van der Waals surface area contributed by atoms with Crippen LogP contribution in [0.15, 0.2) is 48.5 Å². The van der Waals surface area contributed by atoms with E-state index in [0.717, 1.165) is 31.4 Å². The molecule has 3 nitrogen and oxygen atoms in total. The SMILES string of the molecule is CN(C)C(c1ccccc1)C1CCC(CCNC(=O)c2ccc(F)c(F)c2)CC1. The fourth-order valence-corrected chi connectivity index (χ4v) is 4.56. The summed E-state index contributed by atoms with van der Waals surface area (Å²) in [6.45, 7) is 0.558. The van der Waals surface area contributed by atoms with Crippen molar-refractivity contribution in [3.8, 4) is 0 Å². The Balaban J connectivity index is 1.46. The Morgan fingerprint density at radius 3 is 2.34 bits per heavy atom. The maximum absolute atomic E-state index is 13.3. The number of carbonyl (C=O) groups excluding carboxylic acids is 1. The van der Waals surface area contributed by atoms with E-state index >= 15 is 0 Å². The van der Waals surface area contributed by atoms with Crippen LogP contribution in [0.5, 0.6) is 0 Å². The highest BCUT2D eigenvalue weighted by Gasteiger charge is 2.29. The Kier molecular flexibility index (Phi) is 7.37. The van der Waals surface area contributed by atoms with Crippen molar-refractivity contribution in [1.82, 2.24) is 10.2 Å². The molecule has 0 radical (unpaired) electrons. The minimum atomic E-state index is -0.996. The molecule has 156 valence electrons. The summed E-state index contributed by atoms with van der Waals surface area (Å²) in [5.74, 6) is -1.06. The third-order valence-electron chi connectivity index (χ3n) is 6.06. The number of hydrogen-bond acceptors (Lipinski definition) is 2. The van der Waals surface area contributed by atoms with Crippen LogP contribution in [0.3, 0.4) is 0 Å². The second kappa shape index (κ2) is 9.97. The molecule has 0 saturated heterocycles. The van der Waals surface area contributed by atoms with Gasteiger partial charge in [0.05, 0.1) is 0 Å². The number of rotatable bonds is 7. The van der Waals surface area contributed by atoms with Gasteiger partial charge in [0, 0.05) is 18.2 Å². The standard InChI is InChI=1S/C24H30F2N2O/c1-28(2)23(18-6-4-3-5-7-18)19-10-8-17(9-11-19)14-15-27-24(29)20-12-13-21(25)22(26)16-20/h3-7,12-13,16-17,19,23H,8-11,14-15H2,1-2H3,(H,27,29). The molecular formula is C24H30F2N2O. The summed E-state index contributed by atoms with van der Waals surface area (Å²) in [6, 6.07) is 14.4. The number of nitrogens with zero attached hydrogens (tertiary/aromatic N) is 1. The van der Waals surface area contributed by atoms with Gasteiger partial charge in [-0.1, -0.05) is 43.2 Å². The monoisotopic (exact) mass is 400 g/mol. The van der Waals surface area contributed by atoms with Gasteiger partial charge in [-0.05, 0) is 69.0 Å². The van der Waals surface area contributed by atoms with Crippen LogP contribution >= 0.6 is 0 Å². The Bertz CT molecular complexity index is 802. The largest absolute Gasteiger partial charge is 0.352 e. The minimum absolute atomic E-state index is 0.157. The lowest BCUT2D eigenvalue weighted by atomic mass is 9.75. The van der Waals surface area contributed by atoms with E-state index < -0.39 is 11.6 Å². The zero-order chi connectivity index (χ0) is 20.8. The summed E-state index contributed by atoms with van der Waals surface area (Å²) in [6.07, 6.45) is 5.59. The van der Waals surface area contributed by atoms with Crippen molar-refractivity contribution in [2.24, 2.45) is 11.8 Å². The van der Waals surface area contributed by atoms with Crippen molar-refractivity contribution < 1.29 is 13.6 Å². The van der Waals surface area contributed by atoms with Gasteiger partial charge >= 0.3 is 0 Å². The zero-order valence-electron chi connectivity index (χ0n) is 17.2. The lowest BCUT2D eigenvalue weighted by Crippen LogP contribution is -2.31. The number of amides is 1. The Hall–Kier alpha value is -2.27. The highest BCUT2D eigenvalue weighted by Crippen LogP contribution is 2.40. The normalized spacial score (nSPS) is 20.4. The molecule has 3 rings (SSSR count). The van der Waals surface area contributed by atoms with E-state index in [1.165, 1.54) is 24.5 Å². The van der Waals surface area contributed by atoms with Gasteiger partial charge in [-0.25, -0.2) is 8.78 Å². The summed E-state index contributed by atoms with van der Waals surface area (Å²) in [5.41, 5.74) is 1.53. The highest BCUT2D eigenvalue weighted by atomic mass is 19.2. The maximum atomic E-state index is 13.3. The van der Waals surface area contributed by atoms with Gasteiger partial charge in [-0.3, -0.25) is 4.79 Å². The van der Waals surface area contributed by atoms with Crippen LogP contribution in [0.4, 0.5) is 8.78 Å². The molecule has 0 heterocycles. The van der Waals surface area contributed by atoms with E-state index in [2.05, 4.69) is 54.6 Å². The van der Waals surface area contributed by atoms with Crippen LogP contribution in [0, 0.1) is 23.5 Å². The summed E-state index contributed by atoms with van der Waals surface area (Å²) < 4.78 is 26.3. The van der Waals surface area contributed by atoms with Crippen molar-refractivity contribution in [1.29, 1.82) is 0 Å². The molecule has 1 N–H and O–H groups in total. The minimum Gasteiger partial charge on any atom is -0.352 e. The average Bonchev–Trinajstić information content (AvgIpc) is 2.72. The van der Waals surface area contributed by atoms with Crippen molar-refractivity contribution >= 4 is 5.91 Å². The molecule has 1 amide bonds. The molecule has 0 spiro atoms. The lowest BCUT2D eigenvalue weighted by molar-refractivity contribution is 0.0946. The van der Waals surface area contributed by atoms with Crippen LogP contribution in [-0.4, -0.2) is 31.4 Å². The van der Waals surface area contributed by atoms with Crippen LogP contribution in [0.25, 0.3) is 0 Å². The predicted octanol–water partition coefficient (Wildman–Crippen LogP) is 5.19. The molecule has 1 atom stereocenters. The molecular weight excluding hydrogens is 370 g/mol. The van der Waals surface area contributed by atoms with Crippen molar-refractivity contribution in [2.45, 2.75) is 38.1 Å². The van der Waals surface area contributed by atoms with Crippen LogP contribution in [-0.2, 0) is 0 Å². The van der Waals surface area contributed by atoms with Crippen LogP contribution in [0.1, 0.15) is 54.1 Å². The molecule has 0 aromatic heterocycles. The van der Waals surface area contributed by atoms with Gasteiger partial charge < -0.3 is 10.2 Å². The smallest absolute Gasteiger partial charge is 0.251 e. The first-order valence-electron chi connectivity index (χ1n) is 10.4. The number of halogens is 2. The first kappa shape index (κ1) is 21.4. The van der Waals surface area contributed by atoms with E-state index in [9.17, 15) is 13.6 Å². The number of benzene rings is 2. The Morgan fingerprint density at radius 2 is 1.72 bits per heavy atom. The van der Waals surface area contributed by atoms with Gasteiger partial charge in [-0.15, -0.1) is 0 Å². The fraction of sp³-hybridized carbons (Fsp3) is 0.458. The van der Waals surface area contributed by atoms with Crippen molar-refractivity contribution in [3.05, 3.63) is 71.3 Å². The summed E-state index contributed by atoms with van der Waals surface area (Å²) in [4.78, 5) is 14.4. The highest BCUT2D eigenvalue weighted by molar-refractivity contribution is 5.94. The third-order valence-corrected chi connectivity index (χ3v) is 6.06. The molecule has 29 heavy (non-hydrogen) atoms. The molecule has 1 saturated carbocycles. The third kappa shape index (κ3) is 5.63. The van der Waals surface area contributed by atoms with Crippen molar-refractivity contribution in [2.75, 3.05) is 20.6 Å². The molecule has 1 aliphatic carbocycles. The average molecular weight is 401 g/mol. The van der Waals surface area contributed by atoms with Crippen LogP contribution < -0.4 is 5.32 Å². The second-order valence-electron chi connectivity index (χ2n) is 8.27. The Labute approximate surface area is 172 Å². The van der Waals surface area contributed by atoms with Crippen LogP contribution in [0.2, 0.25) is 0 Å². The topological polar surface area (TPSA) is 32.3 Å². The fourth-order valence-electron chi connectivity index (χ4n) is 4.56. The van der Waals surface area contributed by atoms with E-state index in [4.69, 9.17) is 0 Å². The predicted molar refractivity (Wildman–Crippen MR) is 112 cm³/mol. The summed E-state index contributed by atoms with van der Waals surface area (Å²) >= 11 is 0. The first-order valence-corrected chi connectivity index (χ1v) is 10.4. The lowest BCUT2D eigenvalue weighted by Gasteiger charge is -2.37. The molecule has 0 bridgehead atoms. The Morgan fingerprint density at radius 1 is 1.03 bits per heavy atom. The summed E-state index contributed by atoms with van der Waals surface area (Å²) in [7, 11) is 4.30. The molecule has 1 aliphatic rings. The van der Waals surface area contributed by atoms with Gasteiger partial charge in [0.2, 0.25) is 0 Å². The quantitative estimate of drug-likeness (QED) is 0.693. The molecule has 5 heteroatoms. The molecule has 0 aliphatic heterocycles. The van der Waals surface area contributed by atoms with E-state index in [1.54, 1.807) is 0 Å². The zero-order valence-corrected chi connectivity index (χ0v) is 17.2. The molecule has 2 aromatic carbocycles. The van der Waals surface area contributed by atoms with Gasteiger partial charge in [0.1, 0.15) is 0 Å². The van der Waals surface area contributed by atoms with Gasteiger partial charge in [0.15, 0.2) is 11.6 Å². The molecule has 1 fully saturated rings.